The summed E-state index contributed by atoms with van der Waals surface area (Å²) in [5, 5.41) is 5.25. The van der Waals surface area contributed by atoms with E-state index in [0.717, 1.165) is 4.47 Å². The van der Waals surface area contributed by atoms with Crippen LogP contribution in [0.15, 0.2) is 144 Å². The van der Waals surface area contributed by atoms with Crippen molar-refractivity contribution in [3.63, 3.8) is 0 Å². The molecule has 2 heteroatoms. The van der Waals surface area contributed by atoms with Crippen LogP contribution < -0.4 is 0 Å². The number of thiophene rings is 1. The van der Waals surface area contributed by atoms with Crippen LogP contribution in [0.25, 0.3) is 64.3 Å². The first kappa shape index (κ1) is 24.0. The van der Waals surface area contributed by atoms with Crippen LogP contribution in [0.3, 0.4) is 0 Å². The van der Waals surface area contributed by atoms with Gasteiger partial charge < -0.3 is 0 Å². The maximum Gasteiger partial charge on any atom is 0.0725 e. The van der Waals surface area contributed by atoms with E-state index in [1.54, 1.807) is 0 Å². The number of hydrogen-bond acceptors (Lipinski definition) is 1. The van der Waals surface area contributed by atoms with Crippen LogP contribution in [0, 0.1) is 0 Å². The molecule has 2 aliphatic carbocycles. The van der Waals surface area contributed by atoms with Crippen molar-refractivity contribution in [3.8, 4) is 33.4 Å². The van der Waals surface area contributed by atoms with Gasteiger partial charge in [0, 0.05) is 24.6 Å². The lowest BCUT2D eigenvalue weighted by Gasteiger charge is -2.31. The highest BCUT2D eigenvalue weighted by Crippen LogP contribution is 2.64. The quantitative estimate of drug-likeness (QED) is 0.170. The van der Waals surface area contributed by atoms with Gasteiger partial charge in [-0.2, -0.15) is 0 Å². The minimum atomic E-state index is -0.359. The highest BCUT2D eigenvalue weighted by atomic mass is 79.9. The third-order valence-electron chi connectivity index (χ3n) is 9.74. The van der Waals surface area contributed by atoms with Gasteiger partial charge >= 0.3 is 0 Å². The Labute approximate surface area is 262 Å². The third kappa shape index (κ3) is 3.05. The van der Waals surface area contributed by atoms with Gasteiger partial charge in [0.25, 0.3) is 0 Å². The molecule has 0 saturated carbocycles. The van der Waals surface area contributed by atoms with Gasteiger partial charge in [-0.3, -0.25) is 0 Å². The Balaban J connectivity index is 1.29. The summed E-state index contributed by atoms with van der Waals surface area (Å²) in [5.74, 6) is 0. The van der Waals surface area contributed by atoms with Crippen LogP contribution in [0.5, 0.6) is 0 Å². The smallest absolute Gasteiger partial charge is 0.0725 e. The molecule has 0 radical (unpaired) electrons. The predicted octanol–water partition coefficient (Wildman–Crippen LogP) is 12.0. The Morgan fingerprint density at radius 3 is 1.98 bits per heavy atom. The molecule has 0 fully saturated rings. The fourth-order valence-electron chi connectivity index (χ4n) is 8.02. The summed E-state index contributed by atoms with van der Waals surface area (Å²) >= 11 is 5.56. The monoisotopic (exact) mass is 626 g/mol. The first-order valence-electron chi connectivity index (χ1n) is 14.7. The number of rotatable bonds is 1. The second kappa shape index (κ2) is 8.54. The van der Waals surface area contributed by atoms with Crippen LogP contribution in [-0.2, 0) is 5.41 Å². The summed E-state index contributed by atoms with van der Waals surface area (Å²) in [6.07, 6.45) is 0. The van der Waals surface area contributed by atoms with E-state index in [1.807, 2.05) is 11.3 Å². The summed E-state index contributed by atoms with van der Waals surface area (Å²) in [7, 11) is 0. The maximum absolute atomic E-state index is 3.69. The Kier molecular flexibility index (Phi) is 4.76. The van der Waals surface area contributed by atoms with Crippen LogP contribution >= 0.6 is 27.3 Å². The van der Waals surface area contributed by atoms with E-state index in [-0.39, 0.29) is 5.41 Å². The van der Waals surface area contributed by atoms with E-state index in [1.165, 1.54) is 86.6 Å². The lowest BCUT2D eigenvalue weighted by atomic mass is 9.70. The van der Waals surface area contributed by atoms with Crippen LogP contribution in [-0.4, -0.2) is 0 Å². The molecule has 0 bridgehead atoms. The second-order valence-electron chi connectivity index (χ2n) is 11.8. The lowest BCUT2D eigenvalue weighted by molar-refractivity contribution is 0.795. The summed E-state index contributed by atoms with van der Waals surface area (Å²) in [5.41, 5.74) is 13.1. The molecule has 43 heavy (non-hydrogen) atoms. The molecule has 0 saturated heterocycles. The summed E-state index contributed by atoms with van der Waals surface area (Å²) in [4.78, 5) is 0. The first-order chi connectivity index (χ1) is 21.2. The minimum absolute atomic E-state index is 0.359. The van der Waals surface area contributed by atoms with Gasteiger partial charge in [0.15, 0.2) is 0 Å². The molecular weight excluding hydrogens is 604 g/mol. The molecule has 0 aliphatic heterocycles. The number of hydrogen-bond donors (Lipinski definition) is 0. The first-order valence-corrected chi connectivity index (χ1v) is 16.3. The third-order valence-corrected chi connectivity index (χ3v) is 11.4. The zero-order valence-corrected chi connectivity index (χ0v) is 25.5. The van der Waals surface area contributed by atoms with Crippen molar-refractivity contribution in [2.45, 2.75) is 5.41 Å². The Morgan fingerprint density at radius 2 is 1.09 bits per heavy atom. The minimum Gasteiger partial charge on any atom is -0.135 e. The Bertz CT molecular complexity index is 2480. The van der Waals surface area contributed by atoms with Crippen molar-refractivity contribution >= 4 is 58.2 Å². The fraction of sp³-hybridized carbons (Fsp3) is 0.0244. The van der Waals surface area contributed by atoms with Crippen LogP contribution in [0.4, 0.5) is 0 Å². The molecule has 1 atom stereocenters. The van der Waals surface area contributed by atoms with E-state index < -0.39 is 0 Å². The number of fused-ring (bicyclic) bond motifs is 15. The average molecular weight is 628 g/mol. The fourth-order valence-corrected chi connectivity index (χ4v) is 9.44. The molecule has 200 valence electrons. The molecule has 10 rings (SSSR count). The largest absolute Gasteiger partial charge is 0.135 e. The van der Waals surface area contributed by atoms with Crippen molar-refractivity contribution in [2.75, 3.05) is 0 Å². The average Bonchev–Trinajstić information content (AvgIpc) is 3.68. The van der Waals surface area contributed by atoms with Gasteiger partial charge in [0.1, 0.15) is 0 Å². The number of benzene rings is 7. The van der Waals surface area contributed by atoms with Crippen molar-refractivity contribution < 1.29 is 0 Å². The Hall–Kier alpha value is -4.50. The van der Waals surface area contributed by atoms with E-state index in [4.69, 9.17) is 0 Å². The Morgan fingerprint density at radius 1 is 0.442 bits per heavy atom. The molecule has 0 N–H and O–H groups in total. The van der Waals surface area contributed by atoms with Crippen molar-refractivity contribution in [1.29, 1.82) is 0 Å². The molecule has 1 unspecified atom stereocenters. The summed E-state index contributed by atoms with van der Waals surface area (Å²) in [6, 6.07) is 52.5. The predicted molar refractivity (Wildman–Crippen MR) is 186 cm³/mol. The zero-order chi connectivity index (χ0) is 28.3. The molecule has 0 nitrogen and oxygen atoms in total. The van der Waals surface area contributed by atoms with E-state index in [9.17, 15) is 0 Å². The molecule has 8 aromatic rings. The summed E-state index contributed by atoms with van der Waals surface area (Å²) in [6.45, 7) is 0. The van der Waals surface area contributed by atoms with E-state index >= 15 is 0 Å². The van der Waals surface area contributed by atoms with E-state index in [2.05, 4.69) is 155 Å². The van der Waals surface area contributed by atoms with Crippen LogP contribution in [0.2, 0.25) is 0 Å². The summed E-state index contributed by atoms with van der Waals surface area (Å²) < 4.78 is 3.77. The molecule has 1 aromatic heterocycles. The normalized spacial score (nSPS) is 16.1. The zero-order valence-electron chi connectivity index (χ0n) is 23.1. The highest BCUT2D eigenvalue weighted by molar-refractivity contribution is 9.10. The molecule has 2 aliphatic rings. The van der Waals surface area contributed by atoms with Gasteiger partial charge in [0.2, 0.25) is 0 Å². The lowest BCUT2D eigenvalue weighted by Crippen LogP contribution is -2.25. The van der Waals surface area contributed by atoms with Crippen molar-refractivity contribution in [2.24, 2.45) is 0 Å². The second-order valence-corrected chi connectivity index (χ2v) is 13.8. The topological polar surface area (TPSA) is 0 Å². The van der Waals surface area contributed by atoms with Crippen LogP contribution in [0.1, 0.15) is 22.3 Å². The van der Waals surface area contributed by atoms with Gasteiger partial charge in [-0.05, 0) is 103 Å². The molecule has 7 aromatic carbocycles. The van der Waals surface area contributed by atoms with Crippen molar-refractivity contribution in [3.05, 3.63) is 166 Å². The molecular formula is C41H23BrS. The molecule has 1 heterocycles. The van der Waals surface area contributed by atoms with Gasteiger partial charge in [-0.1, -0.05) is 119 Å². The molecule has 0 amide bonds. The van der Waals surface area contributed by atoms with E-state index in [0.29, 0.717) is 0 Å². The highest BCUT2D eigenvalue weighted by Gasteiger charge is 2.52. The molecule has 1 spiro atoms. The van der Waals surface area contributed by atoms with Crippen molar-refractivity contribution in [1.82, 2.24) is 0 Å². The van der Waals surface area contributed by atoms with Gasteiger partial charge in [-0.15, -0.1) is 11.3 Å². The maximum atomic E-state index is 3.69. The SMILES string of the molecule is Brc1ccc2sc3ccc(-c4ccc5c(c4)C4(c6ccccc6-5)c5ccccc5-c5c4ccc4ccccc54)cc3c2c1. The van der Waals surface area contributed by atoms with Gasteiger partial charge in [-0.25, -0.2) is 0 Å². The number of halogens is 1. The standard InChI is InChI=1S/C41H23BrS/c42-27-16-20-39-33(23-27)32-21-25(15-19-38(32)43-39)26-13-17-30-29-9-3-5-11-34(29)41(37(30)22-26)35-12-6-4-10-31(35)40-28-8-2-1-7-24(28)14-18-36(40)41/h1-23H. The van der Waals surface area contributed by atoms with Gasteiger partial charge in [0.05, 0.1) is 5.41 Å².